The fourth-order valence-corrected chi connectivity index (χ4v) is 3.85. The molecule has 0 amide bonds. The Hall–Kier alpha value is -0.680. The van der Waals surface area contributed by atoms with Gasteiger partial charge in [-0.2, -0.15) is 11.3 Å². The van der Waals surface area contributed by atoms with Crippen molar-refractivity contribution in [1.29, 1.82) is 0 Å². The van der Waals surface area contributed by atoms with Gasteiger partial charge < -0.3 is 5.11 Å². The third kappa shape index (κ3) is 4.16. The van der Waals surface area contributed by atoms with Crippen molar-refractivity contribution in [1.82, 2.24) is 4.90 Å². The van der Waals surface area contributed by atoms with Gasteiger partial charge in [-0.25, -0.2) is 0 Å². The van der Waals surface area contributed by atoms with Crippen LogP contribution in [-0.2, 0) is 6.54 Å². The van der Waals surface area contributed by atoms with E-state index in [4.69, 9.17) is 0 Å². The van der Waals surface area contributed by atoms with Gasteiger partial charge in [-0.1, -0.05) is 34.1 Å². The van der Waals surface area contributed by atoms with Crippen LogP contribution < -0.4 is 0 Å². The van der Waals surface area contributed by atoms with Gasteiger partial charge in [0, 0.05) is 23.6 Å². The van der Waals surface area contributed by atoms with Crippen LogP contribution in [0.15, 0.2) is 45.6 Å². The molecule has 3 rings (SSSR count). The molecule has 0 bridgehead atoms. The summed E-state index contributed by atoms with van der Waals surface area (Å²) in [7, 11) is 0. The second-order valence-electron chi connectivity index (χ2n) is 5.66. The van der Waals surface area contributed by atoms with E-state index in [1.807, 2.05) is 24.3 Å². The van der Waals surface area contributed by atoms with Gasteiger partial charge >= 0.3 is 0 Å². The van der Waals surface area contributed by atoms with Gasteiger partial charge in [0.25, 0.3) is 0 Å². The standard InChI is InChI=1S/C17H20BrNOS/c18-16-4-2-1-3-15(16)17(20)7-9-19(14-5-6-14)11-13-8-10-21-12-13/h1-4,8,10,12,14,17,20H,5-7,9,11H2. The minimum atomic E-state index is -0.399. The number of hydrogen-bond acceptors (Lipinski definition) is 3. The summed E-state index contributed by atoms with van der Waals surface area (Å²) in [6, 6.07) is 10.9. The zero-order valence-electron chi connectivity index (χ0n) is 11.9. The van der Waals surface area contributed by atoms with Crippen LogP contribution in [-0.4, -0.2) is 22.6 Å². The zero-order valence-corrected chi connectivity index (χ0v) is 14.3. The van der Waals surface area contributed by atoms with Gasteiger partial charge in [0.1, 0.15) is 0 Å². The monoisotopic (exact) mass is 365 g/mol. The Labute approximate surface area is 138 Å². The first-order valence-electron chi connectivity index (χ1n) is 7.41. The highest BCUT2D eigenvalue weighted by Crippen LogP contribution is 2.31. The van der Waals surface area contributed by atoms with Crippen molar-refractivity contribution in [2.24, 2.45) is 0 Å². The number of thiophene rings is 1. The minimum Gasteiger partial charge on any atom is -0.388 e. The molecule has 1 aromatic carbocycles. The van der Waals surface area contributed by atoms with E-state index in [1.165, 1.54) is 18.4 Å². The molecule has 2 nitrogen and oxygen atoms in total. The topological polar surface area (TPSA) is 23.5 Å². The zero-order chi connectivity index (χ0) is 14.7. The van der Waals surface area contributed by atoms with Gasteiger partial charge in [-0.15, -0.1) is 0 Å². The summed E-state index contributed by atoms with van der Waals surface area (Å²) in [5, 5.41) is 14.8. The van der Waals surface area contributed by atoms with Gasteiger partial charge in [0.05, 0.1) is 6.10 Å². The first kappa shape index (κ1) is 15.2. The molecule has 1 fully saturated rings. The third-order valence-corrected chi connectivity index (χ3v) is 5.44. The lowest BCUT2D eigenvalue weighted by Crippen LogP contribution is -2.27. The van der Waals surface area contributed by atoms with E-state index in [2.05, 4.69) is 37.7 Å². The molecule has 1 saturated carbocycles. The normalized spacial score (nSPS) is 16.3. The smallest absolute Gasteiger partial charge is 0.0813 e. The molecule has 0 saturated heterocycles. The van der Waals surface area contributed by atoms with Crippen LogP contribution in [0.1, 0.15) is 36.5 Å². The largest absolute Gasteiger partial charge is 0.388 e. The summed E-state index contributed by atoms with van der Waals surface area (Å²) in [6.07, 6.45) is 2.98. The second kappa shape index (κ2) is 7.05. The molecule has 1 unspecified atom stereocenters. The molecule has 1 aromatic heterocycles. The summed E-state index contributed by atoms with van der Waals surface area (Å²) in [6.45, 7) is 1.96. The number of aliphatic hydroxyl groups is 1. The Balaban J connectivity index is 1.58. The fourth-order valence-electron chi connectivity index (χ4n) is 2.64. The first-order valence-corrected chi connectivity index (χ1v) is 9.15. The van der Waals surface area contributed by atoms with Crippen molar-refractivity contribution in [2.45, 2.75) is 38.0 Å². The SMILES string of the molecule is OC(CCN(Cc1ccsc1)C1CC1)c1ccccc1Br. The van der Waals surface area contributed by atoms with Crippen molar-refractivity contribution in [2.75, 3.05) is 6.54 Å². The third-order valence-electron chi connectivity index (χ3n) is 3.98. The highest BCUT2D eigenvalue weighted by atomic mass is 79.9. The molecule has 0 spiro atoms. The van der Waals surface area contributed by atoms with E-state index in [0.29, 0.717) is 0 Å². The minimum absolute atomic E-state index is 0.399. The maximum Gasteiger partial charge on any atom is 0.0813 e. The van der Waals surface area contributed by atoms with Gasteiger partial charge in [-0.05, 0) is 53.3 Å². The van der Waals surface area contributed by atoms with Crippen LogP contribution >= 0.6 is 27.3 Å². The van der Waals surface area contributed by atoms with Crippen molar-refractivity contribution >= 4 is 27.3 Å². The first-order chi connectivity index (χ1) is 10.2. The Morgan fingerprint density at radius 2 is 2.10 bits per heavy atom. The number of aliphatic hydroxyl groups excluding tert-OH is 1. The molecule has 0 radical (unpaired) electrons. The maximum absolute atomic E-state index is 10.4. The lowest BCUT2D eigenvalue weighted by molar-refractivity contribution is 0.136. The van der Waals surface area contributed by atoms with E-state index in [-0.39, 0.29) is 0 Å². The second-order valence-corrected chi connectivity index (χ2v) is 7.29. The van der Waals surface area contributed by atoms with Crippen LogP contribution in [0, 0.1) is 0 Å². The van der Waals surface area contributed by atoms with Crippen LogP contribution in [0.25, 0.3) is 0 Å². The quantitative estimate of drug-likeness (QED) is 0.774. The predicted molar refractivity (Wildman–Crippen MR) is 91.5 cm³/mol. The summed E-state index contributed by atoms with van der Waals surface area (Å²) in [5.41, 5.74) is 2.38. The summed E-state index contributed by atoms with van der Waals surface area (Å²) in [4.78, 5) is 2.52. The Kier molecular flexibility index (Phi) is 5.11. The lowest BCUT2D eigenvalue weighted by Gasteiger charge is -2.23. The predicted octanol–water partition coefficient (Wildman–Crippen LogP) is 4.60. The molecule has 4 heteroatoms. The number of benzene rings is 1. The Bertz CT molecular complexity index is 568. The molecular formula is C17H20BrNOS. The molecule has 2 aromatic rings. The van der Waals surface area contributed by atoms with E-state index >= 15 is 0 Å². The molecule has 21 heavy (non-hydrogen) atoms. The van der Waals surface area contributed by atoms with Crippen molar-refractivity contribution in [3.8, 4) is 0 Å². The number of nitrogens with zero attached hydrogens (tertiary/aromatic N) is 1. The lowest BCUT2D eigenvalue weighted by atomic mass is 10.1. The summed E-state index contributed by atoms with van der Waals surface area (Å²) >= 11 is 5.28. The fraction of sp³-hybridized carbons (Fsp3) is 0.412. The average molecular weight is 366 g/mol. The van der Waals surface area contributed by atoms with Crippen LogP contribution in [0.3, 0.4) is 0 Å². The molecule has 1 atom stereocenters. The van der Waals surface area contributed by atoms with Gasteiger partial charge in [0.2, 0.25) is 0 Å². The molecule has 1 N–H and O–H groups in total. The number of hydrogen-bond donors (Lipinski definition) is 1. The van der Waals surface area contributed by atoms with E-state index in [9.17, 15) is 5.11 Å². The van der Waals surface area contributed by atoms with Gasteiger partial charge in [0.15, 0.2) is 0 Å². The van der Waals surface area contributed by atoms with E-state index in [1.54, 1.807) is 11.3 Å². The number of halogens is 1. The van der Waals surface area contributed by atoms with Crippen molar-refractivity contribution < 1.29 is 5.11 Å². The van der Waals surface area contributed by atoms with E-state index < -0.39 is 6.10 Å². The Morgan fingerprint density at radius 3 is 2.76 bits per heavy atom. The highest BCUT2D eigenvalue weighted by molar-refractivity contribution is 9.10. The molecule has 1 heterocycles. The molecule has 1 aliphatic carbocycles. The summed E-state index contributed by atoms with van der Waals surface area (Å²) < 4.78 is 0.994. The Morgan fingerprint density at radius 1 is 1.29 bits per heavy atom. The van der Waals surface area contributed by atoms with E-state index in [0.717, 1.165) is 35.6 Å². The van der Waals surface area contributed by atoms with Crippen molar-refractivity contribution in [3.05, 3.63) is 56.7 Å². The van der Waals surface area contributed by atoms with Crippen LogP contribution in [0.2, 0.25) is 0 Å². The highest BCUT2D eigenvalue weighted by Gasteiger charge is 2.29. The van der Waals surface area contributed by atoms with Gasteiger partial charge in [-0.3, -0.25) is 4.90 Å². The summed E-state index contributed by atoms with van der Waals surface area (Å²) in [5.74, 6) is 0. The van der Waals surface area contributed by atoms with Crippen LogP contribution in [0.5, 0.6) is 0 Å². The molecular weight excluding hydrogens is 346 g/mol. The average Bonchev–Trinajstić information content (AvgIpc) is 3.21. The molecule has 0 aliphatic heterocycles. The van der Waals surface area contributed by atoms with Crippen LogP contribution in [0.4, 0.5) is 0 Å². The van der Waals surface area contributed by atoms with Crippen molar-refractivity contribution in [3.63, 3.8) is 0 Å². The number of rotatable bonds is 7. The molecule has 1 aliphatic rings. The molecule has 112 valence electrons. The maximum atomic E-state index is 10.4.